The molecule has 1 amide bonds. The summed E-state index contributed by atoms with van der Waals surface area (Å²) in [6.07, 6.45) is 1.75. The van der Waals surface area contributed by atoms with Crippen LogP contribution in [0.2, 0.25) is 0 Å². The molecule has 0 bridgehead atoms. The van der Waals surface area contributed by atoms with E-state index >= 15 is 0 Å². The fourth-order valence-electron chi connectivity index (χ4n) is 4.22. The lowest BCUT2D eigenvalue weighted by Crippen LogP contribution is -2.41. The van der Waals surface area contributed by atoms with E-state index in [1.807, 2.05) is 28.8 Å². The van der Waals surface area contributed by atoms with Gasteiger partial charge >= 0.3 is 0 Å². The number of anilines is 1. The molecule has 1 aliphatic rings. The van der Waals surface area contributed by atoms with Crippen molar-refractivity contribution in [1.82, 2.24) is 13.9 Å². The van der Waals surface area contributed by atoms with Crippen LogP contribution in [0.1, 0.15) is 43.5 Å². The van der Waals surface area contributed by atoms with E-state index in [4.69, 9.17) is 0 Å². The number of aryl methyl sites for hydroxylation is 1. The summed E-state index contributed by atoms with van der Waals surface area (Å²) in [5.41, 5.74) is 2.17. The number of fused-ring (bicyclic) bond motifs is 1. The first-order chi connectivity index (χ1) is 15.8. The molecule has 3 aromatic rings. The third-order valence-electron chi connectivity index (χ3n) is 6.04. The number of hydrogen-bond donors (Lipinski definition) is 1. The maximum absolute atomic E-state index is 13.0. The number of Topliss-reactive ketones (excluding diaryl/α,β-unsaturated/α-hetero) is 1. The summed E-state index contributed by atoms with van der Waals surface area (Å²) in [7, 11) is -3.72. The standard InChI is InChI=1S/C24H28N4O4S/c1-3-13-28-22-10-5-4-9-21(22)25-24(28)26-23(30)18-11-14-27(15-12-18)33(31,32)20-8-6-7-19(16-20)17(2)29/h4-10,16,18H,3,11-15H2,1-2H3,(H,25,26,30). The van der Waals surface area contributed by atoms with Gasteiger partial charge in [0.05, 0.1) is 15.9 Å². The van der Waals surface area contributed by atoms with Crippen LogP contribution < -0.4 is 5.32 Å². The average Bonchev–Trinajstić information content (AvgIpc) is 3.16. The van der Waals surface area contributed by atoms with Crippen molar-refractivity contribution in [2.75, 3.05) is 18.4 Å². The Kier molecular flexibility index (Phi) is 6.62. The van der Waals surface area contributed by atoms with Crippen LogP contribution in [0.25, 0.3) is 11.0 Å². The number of amides is 1. The molecular formula is C24H28N4O4S. The summed E-state index contributed by atoms with van der Waals surface area (Å²) >= 11 is 0. The maximum atomic E-state index is 13.0. The summed E-state index contributed by atoms with van der Waals surface area (Å²) in [4.78, 5) is 29.3. The molecule has 1 saturated heterocycles. The molecule has 0 atom stereocenters. The third kappa shape index (κ3) is 4.69. The molecule has 0 aliphatic carbocycles. The van der Waals surface area contributed by atoms with Crippen molar-refractivity contribution in [2.45, 2.75) is 44.6 Å². The Bertz CT molecular complexity index is 1290. The lowest BCUT2D eigenvalue weighted by atomic mass is 9.97. The van der Waals surface area contributed by atoms with Gasteiger partial charge in [-0.2, -0.15) is 4.31 Å². The van der Waals surface area contributed by atoms with Gasteiger partial charge in [-0.25, -0.2) is 13.4 Å². The van der Waals surface area contributed by atoms with Gasteiger partial charge in [-0.1, -0.05) is 31.2 Å². The molecule has 2 heterocycles. The summed E-state index contributed by atoms with van der Waals surface area (Å²) < 4.78 is 29.5. The second-order valence-electron chi connectivity index (χ2n) is 8.33. The van der Waals surface area contributed by atoms with Gasteiger partial charge < -0.3 is 4.57 Å². The molecule has 2 aromatic carbocycles. The molecule has 0 saturated carbocycles. The number of carbonyl (C=O) groups is 2. The van der Waals surface area contributed by atoms with Gasteiger partial charge in [-0.3, -0.25) is 14.9 Å². The first-order valence-corrected chi connectivity index (χ1v) is 12.6. The first-order valence-electron chi connectivity index (χ1n) is 11.2. The van der Waals surface area contributed by atoms with Crippen LogP contribution in [0.5, 0.6) is 0 Å². The number of aromatic nitrogens is 2. The molecule has 9 heteroatoms. The monoisotopic (exact) mass is 468 g/mol. The molecule has 1 aromatic heterocycles. The second kappa shape index (κ2) is 9.44. The number of sulfonamides is 1. The smallest absolute Gasteiger partial charge is 0.243 e. The number of nitrogens with one attached hydrogen (secondary N) is 1. The van der Waals surface area contributed by atoms with Gasteiger partial charge in [0, 0.05) is 31.1 Å². The van der Waals surface area contributed by atoms with E-state index in [1.165, 1.54) is 23.4 Å². The highest BCUT2D eigenvalue weighted by Crippen LogP contribution is 2.26. The van der Waals surface area contributed by atoms with E-state index < -0.39 is 10.0 Å². The molecule has 1 N–H and O–H groups in total. The average molecular weight is 469 g/mol. The van der Waals surface area contributed by atoms with Crippen LogP contribution in [-0.4, -0.2) is 47.1 Å². The van der Waals surface area contributed by atoms with Crippen LogP contribution in [0.3, 0.4) is 0 Å². The van der Waals surface area contributed by atoms with E-state index in [0.717, 1.165) is 24.0 Å². The van der Waals surface area contributed by atoms with Crippen LogP contribution >= 0.6 is 0 Å². The van der Waals surface area contributed by atoms with Crippen LogP contribution in [0.15, 0.2) is 53.4 Å². The van der Waals surface area contributed by atoms with Crippen molar-refractivity contribution >= 4 is 38.7 Å². The Morgan fingerprint density at radius 1 is 1.09 bits per heavy atom. The summed E-state index contributed by atoms with van der Waals surface area (Å²) in [5.74, 6) is -0.0937. The van der Waals surface area contributed by atoms with Gasteiger partial charge in [-0.05, 0) is 50.5 Å². The fourth-order valence-corrected chi connectivity index (χ4v) is 5.73. The van der Waals surface area contributed by atoms with Gasteiger partial charge in [0.15, 0.2) is 5.78 Å². The SMILES string of the molecule is CCCn1c(NC(=O)C2CCN(S(=O)(=O)c3cccc(C(C)=O)c3)CC2)nc2ccccc21. The number of hydrogen-bond acceptors (Lipinski definition) is 5. The minimum atomic E-state index is -3.72. The summed E-state index contributed by atoms with van der Waals surface area (Å²) in [5, 5.41) is 2.97. The molecule has 1 fully saturated rings. The molecule has 1 aliphatic heterocycles. The zero-order chi connectivity index (χ0) is 23.6. The normalized spacial score (nSPS) is 15.6. The molecule has 0 unspecified atom stereocenters. The minimum Gasteiger partial charge on any atom is -0.310 e. The van der Waals surface area contributed by atoms with E-state index in [9.17, 15) is 18.0 Å². The van der Waals surface area contributed by atoms with Crippen molar-refractivity contribution in [1.29, 1.82) is 0 Å². The Morgan fingerprint density at radius 2 is 1.82 bits per heavy atom. The zero-order valence-electron chi connectivity index (χ0n) is 18.8. The summed E-state index contributed by atoms with van der Waals surface area (Å²) in [6, 6.07) is 13.9. The highest BCUT2D eigenvalue weighted by atomic mass is 32.2. The number of ketones is 1. The van der Waals surface area contributed by atoms with Crippen molar-refractivity contribution in [2.24, 2.45) is 5.92 Å². The lowest BCUT2D eigenvalue weighted by Gasteiger charge is -2.30. The van der Waals surface area contributed by atoms with Crippen LogP contribution in [-0.2, 0) is 21.4 Å². The minimum absolute atomic E-state index is 0.103. The molecule has 33 heavy (non-hydrogen) atoms. The molecule has 174 valence electrons. The molecule has 0 spiro atoms. The number of para-hydroxylation sites is 2. The first kappa shape index (κ1) is 23.1. The number of nitrogens with zero attached hydrogens (tertiary/aromatic N) is 3. The van der Waals surface area contributed by atoms with Crippen LogP contribution in [0.4, 0.5) is 5.95 Å². The molecule has 4 rings (SSSR count). The molecule has 0 radical (unpaired) electrons. The quantitative estimate of drug-likeness (QED) is 0.533. The number of piperidine rings is 1. The van der Waals surface area contributed by atoms with E-state index in [1.54, 1.807) is 12.1 Å². The van der Waals surface area contributed by atoms with Gasteiger partial charge in [-0.15, -0.1) is 0 Å². The van der Waals surface area contributed by atoms with E-state index in [2.05, 4.69) is 17.2 Å². The Balaban J connectivity index is 1.44. The predicted octanol–water partition coefficient (Wildman–Crippen LogP) is 3.69. The van der Waals surface area contributed by atoms with Crippen molar-refractivity contribution < 1.29 is 18.0 Å². The van der Waals surface area contributed by atoms with Crippen LogP contribution in [0, 0.1) is 5.92 Å². The lowest BCUT2D eigenvalue weighted by molar-refractivity contribution is -0.121. The number of rotatable bonds is 7. The van der Waals surface area contributed by atoms with Gasteiger partial charge in [0.2, 0.25) is 21.9 Å². The Labute approximate surface area is 193 Å². The number of imidazole rings is 1. The largest absolute Gasteiger partial charge is 0.310 e. The highest BCUT2D eigenvalue weighted by molar-refractivity contribution is 7.89. The van der Waals surface area contributed by atoms with Gasteiger partial charge in [0.25, 0.3) is 0 Å². The topological polar surface area (TPSA) is 101 Å². The maximum Gasteiger partial charge on any atom is 0.243 e. The third-order valence-corrected chi connectivity index (χ3v) is 7.93. The predicted molar refractivity (Wildman–Crippen MR) is 127 cm³/mol. The van der Waals surface area contributed by atoms with Crippen molar-refractivity contribution in [3.05, 3.63) is 54.1 Å². The second-order valence-corrected chi connectivity index (χ2v) is 10.3. The highest BCUT2D eigenvalue weighted by Gasteiger charge is 2.32. The molecular weight excluding hydrogens is 440 g/mol. The zero-order valence-corrected chi connectivity index (χ0v) is 19.6. The Morgan fingerprint density at radius 3 is 2.52 bits per heavy atom. The van der Waals surface area contributed by atoms with Crippen molar-refractivity contribution in [3.63, 3.8) is 0 Å². The van der Waals surface area contributed by atoms with E-state index in [-0.39, 0.29) is 35.6 Å². The summed E-state index contributed by atoms with van der Waals surface area (Å²) in [6.45, 7) is 4.71. The fraction of sp³-hybridized carbons (Fsp3) is 0.375. The van der Waals surface area contributed by atoms with E-state index in [0.29, 0.717) is 24.4 Å². The van der Waals surface area contributed by atoms with Gasteiger partial charge in [0.1, 0.15) is 0 Å². The van der Waals surface area contributed by atoms with Crippen molar-refractivity contribution in [3.8, 4) is 0 Å². The number of carbonyl (C=O) groups excluding carboxylic acids is 2. The Hall–Kier alpha value is -3.04. The molecule has 8 nitrogen and oxygen atoms in total. The number of benzene rings is 2.